The third-order valence-corrected chi connectivity index (χ3v) is 4.38. The molecule has 0 aliphatic carbocycles. The number of para-hydroxylation sites is 2. The van der Waals surface area contributed by atoms with E-state index in [0.29, 0.717) is 30.4 Å². The lowest BCUT2D eigenvalue weighted by atomic mass is 10.2. The molecule has 1 fully saturated rings. The molecule has 1 amide bonds. The number of hydrogen-bond donors (Lipinski definition) is 2. The molecule has 7 heteroatoms. The molecule has 7 nitrogen and oxygen atoms in total. The van der Waals surface area contributed by atoms with Gasteiger partial charge in [0.25, 0.3) is 0 Å². The van der Waals surface area contributed by atoms with Crippen molar-refractivity contribution in [3.8, 4) is 11.5 Å². The summed E-state index contributed by atoms with van der Waals surface area (Å²) in [6, 6.07) is 13.3. The summed E-state index contributed by atoms with van der Waals surface area (Å²) < 4.78 is 15.9. The van der Waals surface area contributed by atoms with Gasteiger partial charge in [0.1, 0.15) is 11.5 Å². The highest BCUT2D eigenvalue weighted by Gasteiger charge is 2.15. The fourth-order valence-electron chi connectivity index (χ4n) is 2.98. The number of carbonyl (C=O) groups is 1. The number of ether oxygens (including phenoxy) is 3. The Kier molecular flexibility index (Phi) is 6.38. The number of nitrogens with zero attached hydrogens (tertiary/aromatic N) is 1. The Morgan fingerprint density at radius 1 is 1.07 bits per heavy atom. The minimum Gasteiger partial charge on any atom is -0.497 e. The van der Waals surface area contributed by atoms with E-state index in [0.717, 1.165) is 24.5 Å². The maximum absolute atomic E-state index is 12.4. The quantitative estimate of drug-likeness (QED) is 0.780. The smallest absolute Gasteiger partial charge is 0.243 e. The highest BCUT2D eigenvalue weighted by molar-refractivity contribution is 5.95. The molecule has 2 aromatic carbocycles. The van der Waals surface area contributed by atoms with Crippen LogP contribution in [0.1, 0.15) is 0 Å². The highest BCUT2D eigenvalue weighted by Crippen LogP contribution is 2.29. The summed E-state index contributed by atoms with van der Waals surface area (Å²) in [6.45, 7) is 3.24. The molecule has 1 aliphatic heterocycles. The van der Waals surface area contributed by atoms with Gasteiger partial charge in [0.15, 0.2) is 0 Å². The molecule has 1 aliphatic rings. The first kappa shape index (κ1) is 18.8. The van der Waals surface area contributed by atoms with Crippen LogP contribution in [0.25, 0.3) is 0 Å². The van der Waals surface area contributed by atoms with E-state index in [2.05, 4.69) is 21.6 Å². The summed E-state index contributed by atoms with van der Waals surface area (Å²) in [4.78, 5) is 14.7. The van der Waals surface area contributed by atoms with Crippen LogP contribution in [0.5, 0.6) is 11.5 Å². The number of carbonyl (C=O) groups excluding carboxylic acids is 1. The van der Waals surface area contributed by atoms with Gasteiger partial charge in [-0.2, -0.15) is 0 Å². The Labute approximate surface area is 159 Å². The highest BCUT2D eigenvalue weighted by atomic mass is 16.5. The maximum Gasteiger partial charge on any atom is 0.243 e. The number of anilines is 3. The van der Waals surface area contributed by atoms with Gasteiger partial charge in [0.2, 0.25) is 5.91 Å². The maximum atomic E-state index is 12.4. The van der Waals surface area contributed by atoms with Crippen LogP contribution in [0, 0.1) is 0 Å². The molecule has 2 aromatic rings. The van der Waals surface area contributed by atoms with Gasteiger partial charge in [-0.05, 0) is 24.3 Å². The Balaban J connectivity index is 1.65. The number of nitrogens with one attached hydrogen (secondary N) is 2. The first-order chi connectivity index (χ1) is 13.2. The van der Waals surface area contributed by atoms with Gasteiger partial charge < -0.3 is 29.7 Å². The first-order valence-corrected chi connectivity index (χ1v) is 8.88. The van der Waals surface area contributed by atoms with Crippen molar-refractivity contribution in [2.24, 2.45) is 0 Å². The summed E-state index contributed by atoms with van der Waals surface area (Å²) in [5, 5.41) is 6.10. The Morgan fingerprint density at radius 2 is 1.85 bits per heavy atom. The molecule has 0 spiro atoms. The van der Waals surface area contributed by atoms with Gasteiger partial charge in [-0.1, -0.05) is 12.1 Å². The Hall–Kier alpha value is -2.93. The zero-order valence-corrected chi connectivity index (χ0v) is 15.7. The van der Waals surface area contributed by atoms with Crippen LogP contribution in [-0.4, -0.2) is 53.0 Å². The Bertz CT molecular complexity index is 776. The second kappa shape index (κ2) is 9.14. The molecule has 3 rings (SSSR count). The molecule has 0 unspecified atom stereocenters. The minimum atomic E-state index is -0.168. The lowest BCUT2D eigenvalue weighted by Crippen LogP contribution is -2.36. The van der Waals surface area contributed by atoms with Crippen molar-refractivity contribution in [1.29, 1.82) is 0 Å². The fourth-order valence-corrected chi connectivity index (χ4v) is 2.98. The predicted molar refractivity (Wildman–Crippen MR) is 106 cm³/mol. The number of amides is 1. The van der Waals surface area contributed by atoms with Gasteiger partial charge in [0.05, 0.1) is 51.0 Å². The van der Waals surface area contributed by atoms with Crippen molar-refractivity contribution in [1.82, 2.24) is 0 Å². The molecule has 1 saturated heterocycles. The van der Waals surface area contributed by atoms with E-state index in [-0.39, 0.29) is 12.5 Å². The molecule has 0 radical (unpaired) electrons. The summed E-state index contributed by atoms with van der Waals surface area (Å²) in [5.74, 6) is 1.06. The van der Waals surface area contributed by atoms with E-state index in [1.54, 1.807) is 32.4 Å². The minimum absolute atomic E-state index is 0.141. The molecule has 2 N–H and O–H groups in total. The van der Waals surface area contributed by atoms with Crippen molar-refractivity contribution in [2.45, 2.75) is 0 Å². The van der Waals surface area contributed by atoms with Crippen molar-refractivity contribution in [3.63, 3.8) is 0 Å². The molecule has 27 heavy (non-hydrogen) atoms. The van der Waals surface area contributed by atoms with Crippen molar-refractivity contribution in [3.05, 3.63) is 42.5 Å². The lowest BCUT2D eigenvalue weighted by molar-refractivity contribution is -0.114. The largest absolute Gasteiger partial charge is 0.497 e. The fraction of sp³-hybridized carbons (Fsp3) is 0.350. The third kappa shape index (κ3) is 4.83. The summed E-state index contributed by atoms with van der Waals surface area (Å²) in [6.07, 6.45) is 0. The molecule has 0 saturated carbocycles. The molecule has 1 heterocycles. The van der Waals surface area contributed by atoms with Crippen molar-refractivity contribution in [2.75, 3.05) is 62.6 Å². The van der Waals surface area contributed by atoms with Crippen molar-refractivity contribution < 1.29 is 19.0 Å². The zero-order chi connectivity index (χ0) is 19.1. The van der Waals surface area contributed by atoms with Crippen molar-refractivity contribution >= 4 is 23.0 Å². The van der Waals surface area contributed by atoms with E-state index in [1.165, 1.54) is 0 Å². The SMILES string of the molecule is COc1ccc(OC)c(NC(=O)CNc2ccccc2N2CCOCC2)c1. The summed E-state index contributed by atoms with van der Waals surface area (Å²) in [5.41, 5.74) is 2.57. The zero-order valence-electron chi connectivity index (χ0n) is 15.7. The lowest BCUT2D eigenvalue weighted by Gasteiger charge is -2.30. The van der Waals surface area contributed by atoms with E-state index < -0.39 is 0 Å². The van der Waals surface area contributed by atoms with Crippen LogP contribution in [0.4, 0.5) is 17.1 Å². The predicted octanol–water partition coefficient (Wildman–Crippen LogP) is 2.59. The number of benzene rings is 2. The Morgan fingerprint density at radius 3 is 2.59 bits per heavy atom. The van der Waals surface area contributed by atoms with E-state index in [4.69, 9.17) is 14.2 Å². The van der Waals surface area contributed by atoms with Crippen LogP contribution < -0.4 is 25.0 Å². The average molecular weight is 371 g/mol. The molecule has 0 atom stereocenters. The summed E-state index contributed by atoms with van der Waals surface area (Å²) >= 11 is 0. The van der Waals surface area contributed by atoms with Gasteiger partial charge in [-0.15, -0.1) is 0 Å². The molecule has 144 valence electrons. The number of morpholine rings is 1. The van der Waals surface area contributed by atoms with Gasteiger partial charge in [-0.25, -0.2) is 0 Å². The van der Waals surface area contributed by atoms with Gasteiger partial charge in [0, 0.05) is 19.2 Å². The van der Waals surface area contributed by atoms with E-state index >= 15 is 0 Å². The number of hydrogen-bond acceptors (Lipinski definition) is 6. The third-order valence-electron chi connectivity index (χ3n) is 4.38. The number of rotatable bonds is 7. The standard InChI is InChI=1S/C20H25N3O4/c1-25-15-7-8-19(26-2)17(13-15)22-20(24)14-21-16-5-3-4-6-18(16)23-9-11-27-12-10-23/h3-8,13,21H,9-12,14H2,1-2H3,(H,22,24). The van der Waals surface area contributed by atoms with E-state index in [9.17, 15) is 4.79 Å². The monoisotopic (exact) mass is 371 g/mol. The topological polar surface area (TPSA) is 72.1 Å². The van der Waals surface area contributed by atoms with Crippen LogP contribution in [0.15, 0.2) is 42.5 Å². The second-order valence-corrected chi connectivity index (χ2v) is 6.08. The molecular weight excluding hydrogens is 346 g/mol. The molecular formula is C20H25N3O4. The van der Waals surface area contributed by atoms with Gasteiger partial charge in [-0.3, -0.25) is 4.79 Å². The van der Waals surface area contributed by atoms with Crippen LogP contribution in [0.2, 0.25) is 0 Å². The van der Waals surface area contributed by atoms with E-state index in [1.807, 2.05) is 18.2 Å². The second-order valence-electron chi connectivity index (χ2n) is 6.08. The first-order valence-electron chi connectivity index (χ1n) is 8.88. The normalized spacial score (nSPS) is 13.8. The summed E-state index contributed by atoms with van der Waals surface area (Å²) in [7, 11) is 3.14. The van der Waals surface area contributed by atoms with Gasteiger partial charge >= 0.3 is 0 Å². The van der Waals surface area contributed by atoms with Crippen LogP contribution >= 0.6 is 0 Å². The van der Waals surface area contributed by atoms with Crippen LogP contribution in [-0.2, 0) is 9.53 Å². The molecule has 0 bridgehead atoms. The number of methoxy groups -OCH3 is 2. The molecule has 0 aromatic heterocycles. The average Bonchev–Trinajstić information content (AvgIpc) is 2.73. The van der Waals surface area contributed by atoms with Crippen LogP contribution in [0.3, 0.4) is 0 Å².